The molecule has 0 unspecified atom stereocenters. The molecule has 0 aliphatic carbocycles. The van der Waals surface area contributed by atoms with Crippen LogP contribution in [-0.4, -0.2) is 14.2 Å². The standard InChI is InChI=1S/C16H28OSi/c1-7-18(8-2,9-3)16-11-10-15(12-14(16)6)17-13(4)5/h10-13H,7-9H2,1-6H3. The van der Waals surface area contributed by atoms with Crippen molar-refractivity contribution in [3.8, 4) is 5.75 Å². The molecule has 0 saturated heterocycles. The van der Waals surface area contributed by atoms with Crippen LogP contribution in [0, 0.1) is 6.92 Å². The molecular weight excluding hydrogens is 236 g/mol. The molecule has 0 fully saturated rings. The molecule has 18 heavy (non-hydrogen) atoms. The van der Waals surface area contributed by atoms with Crippen molar-refractivity contribution < 1.29 is 4.74 Å². The first-order valence-corrected chi connectivity index (χ1v) is 9.89. The lowest BCUT2D eigenvalue weighted by atomic mass is 10.2. The third kappa shape index (κ3) is 3.17. The van der Waals surface area contributed by atoms with Crippen molar-refractivity contribution in [1.29, 1.82) is 0 Å². The van der Waals surface area contributed by atoms with E-state index in [1.165, 1.54) is 23.7 Å². The fourth-order valence-electron chi connectivity index (χ4n) is 2.90. The lowest BCUT2D eigenvalue weighted by Crippen LogP contribution is -2.47. The topological polar surface area (TPSA) is 9.23 Å². The van der Waals surface area contributed by atoms with E-state index in [0.29, 0.717) is 0 Å². The summed E-state index contributed by atoms with van der Waals surface area (Å²) in [4.78, 5) is 0. The Kier molecular flexibility index (Phi) is 5.45. The molecule has 1 aromatic carbocycles. The number of aryl methyl sites for hydroxylation is 1. The molecule has 0 N–H and O–H groups in total. The Hall–Kier alpha value is -0.763. The average Bonchev–Trinajstić information content (AvgIpc) is 2.33. The zero-order valence-electron chi connectivity index (χ0n) is 12.8. The van der Waals surface area contributed by atoms with Gasteiger partial charge in [0, 0.05) is 0 Å². The van der Waals surface area contributed by atoms with Crippen LogP contribution in [0.3, 0.4) is 0 Å². The highest BCUT2D eigenvalue weighted by Crippen LogP contribution is 2.24. The van der Waals surface area contributed by atoms with E-state index in [1.807, 2.05) is 0 Å². The maximum absolute atomic E-state index is 5.78. The minimum Gasteiger partial charge on any atom is -0.491 e. The molecule has 0 aliphatic heterocycles. The molecule has 0 atom stereocenters. The Morgan fingerprint density at radius 3 is 2.00 bits per heavy atom. The van der Waals surface area contributed by atoms with Crippen molar-refractivity contribution in [3.05, 3.63) is 23.8 Å². The van der Waals surface area contributed by atoms with E-state index < -0.39 is 8.07 Å². The summed E-state index contributed by atoms with van der Waals surface area (Å²) in [5, 5.41) is 1.63. The Morgan fingerprint density at radius 2 is 1.61 bits per heavy atom. The van der Waals surface area contributed by atoms with Crippen LogP contribution in [0.1, 0.15) is 40.2 Å². The quantitative estimate of drug-likeness (QED) is 0.688. The summed E-state index contributed by atoms with van der Waals surface area (Å²) in [5.74, 6) is 1.01. The smallest absolute Gasteiger partial charge is 0.119 e. The first-order valence-electron chi connectivity index (χ1n) is 7.26. The van der Waals surface area contributed by atoms with Gasteiger partial charge in [0.05, 0.1) is 14.2 Å². The summed E-state index contributed by atoms with van der Waals surface area (Å²) in [6.07, 6.45) is 0.251. The second kappa shape index (κ2) is 6.42. The first-order chi connectivity index (χ1) is 8.49. The van der Waals surface area contributed by atoms with E-state index in [-0.39, 0.29) is 6.10 Å². The lowest BCUT2D eigenvalue weighted by molar-refractivity contribution is 0.242. The maximum atomic E-state index is 5.78. The maximum Gasteiger partial charge on any atom is 0.119 e. The van der Waals surface area contributed by atoms with Crippen LogP contribution in [0.5, 0.6) is 5.75 Å². The second-order valence-corrected chi connectivity index (χ2v) is 10.7. The highest BCUT2D eigenvalue weighted by atomic mass is 28.3. The average molecular weight is 264 g/mol. The van der Waals surface area contributed by atoms with Crippen LogP contribution < -0.4 is 9.92 Å². The number of benzene rings is 1. The van der Waals surface area contributed by atoms with Crippen LogP contribution in [0.2, 0.25) is 18.1 Å². The molecule has 1 aromatic rings. The zero-order valence-corrected chi connectivity index (χ0v) is 13.8. The van der Waals surface area contributed by atoms with Gasteiger partial charge >= 0.3 is 0 Å². The van der Waals surface area contributed by atoms with Gasteiger partial charge < -0.3 is 4.74 Å². The SMILES string of the molecule is CC[Si](CC)(CC)c1ccc(OC(C)C)cc1C. The van der Waals surface area contributed by atoms with Gasteiger partial charge in [0.1, 0.15) is 5.75 Å². The monoisotopic (exact) mass is 264 g/mol. The molecule has 0 saturated carbocycles. The van der Waals surface area contributed by atoms with Crippen molar-refractivity contribution in [3.63, 3.8) is 0 Å². The molecule has 0 radical (unpaired) electrons. The molecule has 0 heterocycles. The molecule has 0 spiro atoms. The van der Waals surface area contributed by atoms with E-state index in [4.69, 9.17) is 4.74 Å². The van der Waals surface area contributed by atoms with E-state index in [0.717, 1.165) is 5.75 Å². The van der Waals surface area contributed by atoms with Crippen LogP contribution in [0.15, 0.2) is 18.2 Å². The van der Waals surface area contributed by atoms with Crippen molar-refractivity contribution >= 4 is 13.3 Å². The predicted molar refractivity (Wildman–Crippen MR) is 83.8 cm³/mol. The third-order valence-electron chi connectivity index (χ3n) is 4.17. The number of rotatable bonds is 6. The van der Waals surface area contributed by atoms with E-state index in [9.17, 15) is 0 Å². The van der Waals surface area contributed by atoms with Crippen molar-refractivity contribution in [2.45, 2.75) is 65.8 Å². The Labute approximate surface area is 114 Å². The summed E-state index contributed by atoms with van der Waals surface area (Å²) in [7, 11) is -1.26. The predicted octanol–water partition coefficient (Wildman–Crippen LogP) is 4.50. The lowest BCUT2D eigenvalue weighted by Gasteiger charge is -2.30. The largest absolute Gasteiger partial charge is 0.491 e. The van der Waals surface area contributed by atoms with Gasteiger partial charge in [0.25, 0.3) is 0 Å². The fourth-order valence-corrected chi connectivity index (χ4v) is 6.89. The van der Waals surface area contributed by atoms with Crippen molar-refractivity contribution in [2.75, 3.05) is 0 Å². The van der Waals surface area contributed by atoms with Gasteiger partial charge in [-0.25, -0.2) is 0 Å². The summed E-state index contributed by atoms with van der Waals surface area (Å²) < 4.78 is 5.78. The van der Waals surface area contributed by atoms with E-state index >= 15 is 0 Å². The molecule has 0 aromatic heterocycles. The van der Waals surface area contributed by atoms with Crippen molar-refractivity contribution in [1.82, 2.24) is 0 Å². The van der Waals surface area contributed by atoms with Gasteiger partial charge in [0.2, 0.25) is 0 Å². The van der Waals surface area contributed by atoms with Crippen LogP contribution in [0.25, 0.3) is 0 Å². The number of hydrogen-bond donors (Lipinski definition) is 0. The molecule has 0 amide bonds. The third-order valence-corrected chi connectivity index (χ3v) is 9.94. The van der Waals surface area contributed by atoms with Gasteiger partial charge in [-0.15, -0.1) is 0 Å². The number of ether oxygens (including phenoxy) is 1. The molecule has 102 valence electrons. The molecule has 1 nitrogen and oxygen atoms in total. The Balaban J connectivity index is 3.11. The summed E-state index contributed by atoms with van der Waals surface area (Å²) >= 11 is 0. The highest BCUT2D eigenvalue weighted by Gasteiger charge is 2.30. The highest BCUT2D eigenvalue weighted by molar-refractivity contribution is 6.92. The zero-order chi connectivity index (χ0) is 13.8. The van der Waals surface area contributed by atoms with E-state index in [1.54, 1.807) is 5.19 Å². The summed E-state index contributed by atoms with van der Waals surface area (Å²) in [6.45, 7) is 13.5. The van der Waals surface area contributed by atoms with Gasteiger partial charge in [-0.1, -0.05) is 50.2 Å². The van der Waals surface area contributed by atoms with Gasteiger partial charge in [-0.05, 0) is 38.5 Å². The van der Waals surface area contributed by atoms with Crippen LogP contribution in [-0.2, 0) is 0 Å². The Bertz CT molecular complexity index is 372. The van der Waals surface area contributed by atoms with Gasteiger partial charge in [0.15, 0.2) is 0 Å². The van der Waals surface area contributed by atoms with Crippen LogP contribution in [0.4, 0.5) is 0 Å². The van der Waals surface area contributed by atoms with Gasteiger partial charge in [-0.3, -0.25) is 0 Å². The molecule has 2 heteroatoms. The van der Waals surface area contributed by atoms with Crippen molar-refractivity contribution in [2.24, 2.45) is 0 Å². The molecule has 0 aliphatic rings. The normalized spacial score (nSPS) is 11.9. The fraction of sp³-hybridized carbons (Fsp3) is 0.625. The molecule has 0 bridgehead atoms. The Morgan fingerprint density at radius 1 is 1.06 bits per heavy atom. The molecule has 1 rings (SSSR count). The minimum atomic E-state index is -1.26. The minimum absolute atomic E-state index is 0.251. The van der Waals surface area contributed by atoms with Crippen LogP contribution >= 0.6 is 0 Å². The summed E-state index contributed by atoms with van der Waals surface area (Å²) in [6, 6.07) is 10.7. The molecular formula is C16H28OSi. The first kappa shape index (κ1) is 15.3. The van der Waals surface area contributed by atoms with Gasteiger partial charge in [-0.2, -0.15) is 0 Å². The van der Waals surface area contributed by atoms with E-state index in [2.05, 4.69) is 59.7 Å². The number of hydrogen-bond acceptors (Lipinski definition) is 1. The second-order valence-electron chi connectivity index (χ2n) is 5.48. The summed E-state index contributed by atoms with van der Waals surface area (Å²) in [5.41, 5.74) is 1.42.